The molecule has 0 heterocycles. The number of amides is 1. The van der Waals surface area contributed by atoms with Crippen LogP contribution in [0.3, 0.4) is 0 Å². The molecular formula is C21H17Cl2NO3S. The third-order valence-corrected chi connectivity index (χ3v) is 6.23. The summed E-state index contributed by atoms with van der Waals surface area (Å²) in [7, 11) is -3.79. The fraction of sp³-hybridized carbons (Fsp3) is 0.0952. The molecule has 28 heavy (non-hydrogen) atoms. The van der Waals surface area contributed by atoms with E-state index in [4.69, 9.17) is 23.2 Å². The van der Waals surface area contributed by atoms with Gasteiger partial charge in [0.1, 0.15) is 5.75 Å². The van der Waals surface area contributed by atoms with Crippen molar-refractivity contribution in [2.75, 3.05) is 5.75 Å². The quantitative estimate of drug-likeness (QED) is 0.613. The molecule has 1 unspecified atom stereocenters. The summed E-state index contributed by atoms with van der Waals surface area (Å²) in [5, 5.41) is 3.76. The average Bonchev–Trinajstić information content (AvgIpc) is 2.67. The van der Waals surface area contributed by atoms with Gasteiger partial charge in [0, 0.05) is 10.0 Å². The first-order valence-corrected chi connectivity index (χ1v) is 10.8. The van der Waals surface area contributed by atoms with Gasteiger partial charge in [-0.05, 0) is 47.5 Å². The third kappa shape index (κ3) is 5.13. The Morgan fingerprint density at radius 3 is 2.11 bits per heavy atom. The monoisotopic (exact) mass is 433 g/mol. The molecule has 0 aliphatic heterocycles. The van der Waals surface area contributed by atoms with Gasteiger partial charge in [-0.25, -0.2) is 8.42 Å². The summed E-state index contributed by atoms with van der Waals surface area (Å²) in [4.78, 5) is 12.6. The van der Waals surface area contributed by atoms with Crippen LogP contribution in [-0.2, 0) is 14.6 Å². The average molecular weight is 434 g/mol. The fourth-order valence-corrected chi connectivity index (χ4v) is 4.26. The van der Waals surface area contributed by atoms with E-state index in [-0.39, 0.29) is 4.90 Å². The van der Waals surface area contributed by atoms with E-state index >= 15 is 0 Å². The van der Waals surface area contributed by atoms with Crippen molar-refractivity contribution in [3.05, 3.63) is 100 Å². The van der Waals surface area contributed by atoms with Crippen LogP contribution in [0.2, 0.25) is 10.0 Å². The first kappa shape index (κ1) is 20.4. The van der Waals surface area contributed by atoms with Crippen LogP contribution >= 0.6 is 23.2 Å². The molecule has 0 saturated heterocycles. The summed E-state index contributed by atoms with van der Waals surface area (Å²) in [5.41, 5.74) is 1.58. The van der Waals surface area contributed by atoms with E-state index in [2.05, 4.69) is 5.32 Å². The van der Waals surface area contributed by atoms with Crippen LogP contribution in [-0.4, -0.2) is 20.1 Å². The van der Waals surface area contributed by atoms with Crippen LogP contribution < -0.4 is 5.32 Å². The molecule has 0 saturated carbocycles. The lowest BCUT2D eigenvalue weighted by Gasteiger charge is -2.20. The Morgan fingerprint density at radius 1 is 0.821 bits per heavy atom. The van der Waals surface area contributed by atoms with Crippen molar-refractivity contribution < 1.29 is 13.2 Å². The summed E-state index contributed by atoms with van der Waals surface area (Å²) in [6.45, 7) is 0. The normalized spacial score (nSPS) is 12.4. The van der Waals surface area contributed by atoms with Crippen molar-refractivity contribution in [1.29, 1.82) is 0 Å². The highest BCUT2D eigenvalue weighted by Crippen LogP contribution is 2.25. The predicted octanol–water partition coefficient (Wildman–Crippen LogP) is 4.67. The number of halogens is 2. The van der Waals surface area contributed by atoms with Gasteiger partial charge in [-0.15, -0.1) is 0 Å². The van der Waals surface area contributed by atoms with Crippen LogP contribution in [0.15, 0.2) is 83.8 Å². The molecule has 3 aromatic carbocycles. The van der Waals surface area contributed by atoms with E-state index in [1.54, 1.807) is 18.2 Å². The van der Waals surface area contributed by atoms with Crippen molar-refractivity contribution in [3.63, 3.8) is 0 Å². The lowest BCUT2D eigenvalue weighted by molar-refractivity contribution is -0.119. The second-order valence-electron chi connectivity index (χ2n) is 6.18. The molecule has 0 radical (unpaired) electrons. The van der Waals surface area contributed by atoms with Crippen LogP contribution in [0, 0.1) is 0 Å². The summed E-state index contributed by atoms with van der Waals surface area (Å²) in [5.74, 6) is -1.28. The minimum atomic E-state index is -3.79. The molecule has 1 amide bonds. The molecule has 0 bridgehead atoms. The maximum Gasteiger partial charge on any atom is 0.236 e. The van der Waals surface area contributed by atoms with E-state index < -0.39 is 27.5 Å². The first-order valence-electron chi connectivity index (χ1n) is 8.43. The number of hydrogen-bond donors (Lipinski definition) is 1. The zero-order valence-electron chi connectivity index (χ0n) is 14.7. The van der Waals surface area contributed by atoms with Crippen molar-refractivity contribution in [1.82, 2.24) is 5.32 Å². The van der Waals surface area contributed by atoms with Crippen LogP contribution in [0.4, 0.5) is 0 Å². The second-order valence-corrected chi connectivity index (χ2v) is 9.04. The molecule has 4 nitrogen and oxygen atoms in total. The Hall–Kier alpha value is -2.34. The Balaban J connectivity index is 1.84. The molecule has 3 rings (SSSR count). The zero-order chi connectivity index (χ0) is 20.1. The van der Waals surface area contributed by atoms with Gasteiger partial charge in [-0.3, -0.25) is 4.79 Å². The third-order valence-electron chi connectivity index (χ3n) is 4.11. The van der Waals surface area contributed by atoms with Gasteiger partial charge in [0.15, 0.2) is 9.84 Å². The SMILES string of the molecule is O=C(CS(=O)(=O)c1ccc(Cl)cc1)NC(c1ccccc1)c1cccc(Cl)c1. The van der Waals surface area contributed by atoms with Crippen molar-refractivity contribution in [3.8, 4) is 0 Å². The molecule has 3 aromatic rings. The molecule has 1 N–H and O–H groups in total. The molecule has 144 valence electrons. The first-order chi connectivity index (χ1) is 13.3. The smallest absolute Gasteiger partial charge is 0.236 e. The number of carbonyl (C=O) groups is 1. The van der Waals surface area contributed by atoms with Gasteiger partial charge in [-0.2, -0.15) is 0 Å². The number of carbonyl (C=O) groups excluding carboxylic acids is 1. The number of benzene rings is 3. The zero-order valence-corrected chi connectivity index (χ0v) is 17.0. The highest BCUT2D eigenvalue weighted by molar-refractivity contribution is 7.92. The molecule has 0 spiro atoms. The van der Waals surface area contributed by atoms with Gasteiger partial charge in [0.2, 0.25) is 5.91 Å². The lowest BCUT2D eigenvalue weighted by atomic mass is 9.99. The van der Waals surface area contributed by atoms with Gasteiger partial charge in [-0.1, -0.05) is 65.7 Å². The van der Waals surface area contributed by atoms with Gasteiger partial charge in [0.05, 0.1) is 10.9 Å². The highest BCUT2D eigenvalue weighted by Gasteiger charge is 2.23. The minimum Gasteiger partial charge on any atom is -0.344 e. The van der Waals surface area contributed by atoms with E-state index in [9.17, 15) is 13.2 Å². The minimum absolute atomic E-state index is 0.0473. The van der Waals surface area contributed by atoms with Crippen molar-refractivity contribution in [2.24, 2.45) is 0 Å². The van der Waals surface area contributed by atoms with Crippen LogP contribution in [0.25, 0.3) is 0 Å². The van der Waals surface area contributed by atoms with Crippen molar-refractivity contribution >= 4 is 38.9 Å². The second kappa shape index (κ2) is 8.78. The van der Waals surface area contributed by atoms with E-state index in [0.717, 1.165) is 11.1 Å². The molecule has 0 aromatic heterocycles. The summed E-state index contributed by atoms with van der Waals surface area (Å²) < 4.78 is 25.1. The molecule has 1 atom stereocenters. The Kier molecular flexibility index (Phi) is 6.39. The van der Waals surface area contributed by atoms with Gasteiger partial charge in [0.25, 0.3) is 0 Å². The summed E-state index contributed by atoms with van der Waals surface area (Å²) >= 11 is 11.9. The molecule has 0 fully saturated rings. The summed E-state index contributed by atoms with van der Waals surface area (Å²) in [6, 6.07) is 21.6. The van der Waals surface area contributed by atoms with Crippen LogP contribution in [0.5, 0.6) is 0 Å². The highest BCUT2D eigenvalue weighted by atomic mass is 35.5. The fourth-order valence-electron chi connectivity index (χ4n) is 2.79. The maximum atomic E-state index is 12.6. The lowest BCUT2D eigenvalue weighted by Crippen LogP contribution is -2.34. The van der Waals surface area contributed by atoms with Gasteiger partial charge >= 0.3 is 0 Å². The summed E-state index contributed by atoms with van der Waals surface area (Å²) in [6.07, 6.45) is 0. The predicted molar refractivity (Wildman–Crippen MR) is 111 cm³/mol. The number of sulfone groups is 1. The maximum absolute atomic E-state index is 12.6. The molecular weight excluding hydrogens is 417 g/mol. The van der Waals surface area contributed by atoms with Crippen LogP contribution in [0.1, 0.15) is 17.2 Å². The number of hydrogen-bond acceptors (Lipinski definition) is 3. The Labute approximate surface area is 174 Å². The topological polar surface area (TPSA) is 63.2 Å². The van der Waals surface area contributed by atoms with Gasteiger partial charge < -0.3 is 5.32 Å². The Morgan fingerprint density at radius 2 is 1.46 bits per heavy atom. The Bertz CT molecular complexity index is 1070. The standard InChI is InChI=1S/C21H17Cl2NO3S/c22-17-9-11-19(12-10-17)28(26,27)14-20(25)24-21(15-5-2-1-3-6-15)16-7-4-8-18(23)13-16/h1-13,21H,14H2,(H,24,25). The van der Waals surface area contributed by atoms with E-state index in [1.807, 2.05) is 36.4 Å². The van der Waals surface area contributed by atoms with Crippen molar-refractivity contribution in [2.45, 2.75) is 10.9 Å². The molecule has 0 aliphatic rings. The van der Waals surface area contributed by atoms with E-state index in [0.29, 0.717) is 10.0 Å². The molecule has 7 heteroatoms. The largest absolute Gasteiger partial charge is 0.344 e. The number of rotatable bonds is 6. The van der Waals surface area contributed by atoms with E-state index in [1.165, 1.54) is 24.3 Å². The molecule has 0 aliphatic carbocycles. The number of nitrogens with one attached hydrogen (secondary N) is 1.